The summed E-state index contributed by atoms with van der Waals surface area (Å²) in [6.45, 7) is 6.27. The quantitative estimate of drug-likeness (QED) is 0.849. The van der Waals surface area contributed by atoms with Gasteiger partial charge in [0.15, 0.2) is 0 Å². The molecule has 0 aliphatic heterocycles. The van der Waals surface area contributed by atoms with E-state index in [0.717, 1.165) is 22.6 Å². The highest BCUT2D eigenvalue weighted by molar-refractivity contribution is 5.35. The fraction of sp³-hybridized carbons (Fsp3) is 0.625. The third kappa shape index (κ3) is 2.59. The summed E-state index contributed by atoms with van der Waals surface area (Å²) in [5, 5.41) is 3.34. The minimum absolute atomic E-state index is 0.0496. The molecule has 2 heteroatoms. The van der Waals surface area contributed by atoms with Gasteiger partial charge in [0.05, 0.1) is 0 Å². The van der Waals surface area contributed by atoms with Crippen LogP contribution in [0.25, 0.3) is 0 Å². The Morgan fingerprint density at radius 1 is 1.28 bits per heavy atom. The van der Waals surface area contributed by atoms with Crippen molar-refractivity contribution in [1.82, 2.24) is 5.32 Å². The van der Waals surface area contributed by atoms with Gasteiger partial charge in [0.1, 0.15) is 5.82 Å². The van der Waals surface area contributed by atoms with Gasteiger partial charge in [0, 0.05) is 11.6 Å². The van der Waals surface area contributed by atoms with Gasteiger partial charge in [-0.1, -0.05) is 19.4 Å². The molecule has 1 fully saturated rings. The molecule has 1 saturated carbocycles. The average molecular weight is 249 g/mol. The third-order valence-electron chi connectivity index (χ3n) is 4.31. The highest BCUT2D eigenvalue weighted by Crippen LogP contribution is 2.40. The summed E-state index contributed by atoms with van der Waals surface area (Å²) in [4.78, 5) is 0. The van der Waals surface area contributed by atoms with Crippen LogP contribution in [0.1, 0.15) is 48.9 Å². The van der Waals surface area contributed by atoms with Crippen molar-refractivity contribution < 1.29 is 4.39 Å². The normalized spacial score (nSPS) is 25.4. The van der Waals surface area contributed by atoms with E-state index in [0.29, 0.717) is 5.92 Å². The molecule has 3 atom stereocenters. The van der Waals surface area contributed by atoms with Crippen molar-refractivity contribution in [3.8, 4) is 0 Å². The van der Waals surface area contributed by atoms with Crippen molar-refractivity contribution in [2.75, 3.05) is 7.05 Å². The van der Waals surface area contributed by atoms with E-state index in [2.05, 4.69) is 18.3 Å². The van der Waals surface area contributed by atoms with Crippen molar-refractivity contribution in [3.63, 3.8) is 0 Å². The molecule has 3 unspecified atom stereocenters. The maximum atomic E-state index is 14.3. The smallest absolute Gasteiger partial charge is 0.128 e. The van der Waals surface area contributed by atoms with Crippen LogP contribution in [-0.4, -0.2) is 7.05 Å². The minimum Gasteiger partial charge on any atom is -0.313 e. The summed E-state index contributed by atoms with van der Waals surface area (Å²) in [6.07, 6.45) is 3.69. The molecule has 0 saturated heterocycles. The maximum Gasteiger partial charge on any atom is 0.128 e. The summed E-state index contributed by atoms with van der Waals surface area (Å²) in [5.41, 5.74) is 2.96. The molecule has 18 heavy (non-hydrogen) atoms. The molecular weight excluding hydrogens is 225 g/mol. The van der Waals surface area contributed by atoms with Crippen LogP contribution >= 0.6 is 0 Å². The Morgan fingerprint density at radius 3 is 2.50 bits per heavy atom. The fourth-order valence-corrected chi connectivity index (χ4v) is 3.49. The van der Waals surface area contributed by atoms with Gasteiger partial charge in [-0.05, 0) is 62.8 Å². The largest absolute Gasteiger partial charge is 0.313 e. The monoisotopic (exact) mass is 249 g/mol. The highest BCUT2D eigenvalue weighted by atomic mass is 19.1. The Labute approximate surface area is 110 Å². The summed E-state index contributed by atoms with van der Waals surface area (Å²) in [7, 11) is 1.95. The van der Waals surface area contributed by atoms with Crippen molar-refractivity contribution >= 4 is 0 Å². The SMILES string of the molecule is CNC(c1c(C)cc(C)cc1F)C1CCC(C)C1. The molecule has 0 spiro atoms. The molecule has 1 nitrogen and oxygen atoms in total. The molecule has 1 aliphatic carbocycles. The lowest BCUT2D eigenvalue weighted by atomic mass is 9.87. The van der Waals surface area contributed by atoms with E-state index in [-0.39, 0.29) is 11.9 Å². The van der Waals surface area contributed by atoms with Gasteiger partial charge >= 0.3 is 0 Å². The summed E-state index contributed by atoms with van der Waals surface area (Å²) >= 11 is 0. The summed E-state index contributed by atoms with van der Waals surface area (Å²) < 4.78 is 14.3. The lowest BCUT2D eigenvalue weighted by molar-refractivity contribution is 0.367. The van der Waals surface area contributed by atoms with Crippen LogP contribution in [0.2, 0.25) is 0 Å². The van der Waals surface area contributed by atoms with E-state index in [1.165, 1.54) is 19.3 Å². The molecule has 0 radical (unpaired) electrons. The number of hydrogen-bond acceptors (Lipinski definition) is 1. The first-order chi connectivity index (χ1) is 8.52. The number of nitrogens with one attached hydrogen (secondary N) is 1. The second-order valence-electron chi connectivity index (χ2n) is 5.92. The first-order valence-electron chi connectivity index (χ1n) is 6.96. The molecule has 0 heterocycles. The first kappa shape index (κ1) is 13.5. The van der Waals surface area contributed by atoms with Gasteiger partial charge in [0.25, 0.3) is 0 Å². The lowest BCUT2D eigenvalue weighted by Crippen LogP contribution is -2.25. The van der Waals surface area contributed by atoms with Gasteiger partial charge in [-0.3, -0.25) is 0 Å². The number of benzene rings is 1. The van der Waals surface area contributed by atoms with Crippen molar-refractivity contribution in [2.24, 2.45) is 11.8 Å². The molecule has 2 rings (SSSR count). The van der Waals surface area contributed by atoms with E-state index < -0.39 is 0 Å². The molecule has 1 aromatic rings. The van der Waals surface area contributed by atoms with E-state index >= 15 is 0 Å². The van der Waals surface area contributed by atoms with Crippen LogP contribution in [0, 0.1) is 31.5 Å². The van der Waals surface area contributed by atoms with Crippen molar-refractivity contribution in [1.29, 1.82) is 0 Å². The standard InChI is InChI=1S/C16H24FN/c1-10-5-6-13(8-10)16(18-4)15-12(3)7-11(2)9-14(15)17/h7,9-10,13,16,18H,5-6,8H2,1-4H3. The van der Waals surface area contributed by atoms with E-state index in [1.807, 2.05) is 20.9 Å². The molecule has 0 aromatic heterocycles. The molecule has 0 amide bonds. The van der Waals surface area contributed by atoms with Crippen LogP contribution < -0.4 is 5.32 Å². The van der Waals surface area contributed by atoms with Crippen LogP contribution in [0.5, 0.6) is 0 Å². The Hall–Kier alpha value is -0.890. The van der Waals surface area contributed by atoms with Crippen molar-refractivity contribution in [2.45, 2.75) is 46.1 Å². The Kier molecular flexibility index (Phi) is 4.06. The van der Waals surface area contributed by atoms with Gasteiger partial charge in [-0.2, -0.15) is 0 Å². The fourth-order valence-electron chi connectivity index (χ4n) is 3.49. The topological polar surface area (TPSA) is 12.0 Å². The number of halogens is 1. The predicted octanol–water partition coefficient (Wildman–Crippen LogP) is 4.14. The van der Waals surface area contributed by atoms with Crippen LogP contribution in [0.15, 0.2) is 12.1 Å². The maximum absolute atomic E-state index is 14.3. The number of rotatable bonds is 3. The lowest BCUT2D eigenvalue weighted by Gasteiger charge is -2.26. The summed E-state index contributed by atoms with van der Waals surface area (Å²) in [5.74, 6) is 1.30. The third-order valence-corrected chi connectivity index (χ3v) is 4.31. The molecule has 1 aliphatic rings. The Morgan fingerprint density at radius 2 is 2.00 bits per heavy atom. The summed E-state index contributed by atoms with van der Waals surface area (Å²) in [6, 6.07) is 3.90. The zero-order chi connectivity index (χ0) is 13.3. The van der Waals surface area contributed by atoms with Crippen molar-refractivity contribution in [3.05, 3.63) is 34.6 Å². The number of hydrogen-bond donors (Lipinski definition) is 1. The minimum atomic E-state index is -0.0496. The van der Waals surface area contributed by atoms with Gasteiger partial charge in [-0.15, -0.1) is 0 Å². The molecule has 100 valence electrons. The van der Waals surface area contributed by atoms with E-state index in [4.69, 9.17) is 0 Å². The zero-order valence-corrected chi connectivity index (χ0v) is 11.9. The average Bonchev–Trinajstić information content (AvgIpc) is 2.69. The highest BCUT2D eigenvalue weighted by Gasteiger charge is 2.31. The molecule has 1 aromatic carbocycles. The van der Waals surface area contributed by atoms with Gasteiger partial charge in [-0.25, -0.2) is 4.39 Å². The molecule has 0 bridgehead atoms. The Bertz CT molecular complexity index is 404. The second-order valence-corrected chi connectivity index (χ2v) is 5.92. The number of aryl methyl sites for hydroxylation is 2. The van der Waals surface area contributed by atoms with Crippen LogP contribution in [0.3, 0.4) is 0 Å². The van der Waals surface area contributed by atoms with Gasteiger partial charge < -0.3 is 5.32 Å². The van der Waals surface area contributed by atoms with Crippen LogP contribution in [-0.2, 0) is 0 Å². The van der Waals surface area contributed by atoms with E-state index in [1.54, 1.807) is 6.07 Å². The molecule has 1 N–H and O–H groups in total. The van der Waals surface area contributed by atoms with Crippen LogP contribution in [0.4, 0.5) is 4.39 Å². The zero-order valence-electron chi connectivity index (χ0n) is 11.9. The molecular formula is C16H24FN. The Balaban J connectivity index is 2.33. The predicted molar refractivity (Wildman–Crippen MR) is 74.2 cm³/mol. The van der Waals surface area contributed by atoms with Gasteiger partial charge in [0.2, 0.25) is 0 Å². The second kappa shape index (κ2) is 5.40. The first-order valence-corrected chi connectivity index (χ1v) is 6.96. The van der Waals surface area contributed by atoms with E-state index in [9.17, 15) is 4.39 Å².